The molecule has 1 aromatic heterocycles. The molecule has 0 aliphatic carbocycles. The molecule has 5 rings (SSSR count). The standard InChI is InChI=1S/C24H26F3N7O2/c25-17-12-16(13-18(26)14-17)20-4-5-29-34(20)24(36)33-10-8-32(9-11-33)23-28-15-19(27)21(30-23)22(35)31-6-2-1-3-7-31/h5,12-15,20H,1-4,6-11H2/t20-/m0/s1. The fourth-order valence-corrected chi connectivity index (χ4v) is 4.79. The summed E-state index contributed by atoms with van der Waals surface area (Å²) >= 11 is 0. The van der Waals surface area contributed by atoms with E-state index in [1.54, 1.807) is 20.9 Å². The van der Waals surface area contributed by atoms with Gasteiger partial charge in [-0.3, -0.25) is 4.79 Å². The number of anilines is 1. The Morgan fingerprint density at radius 1 is 0.861 bits per heavy atom. The van der Waals surface area contributed by atoms with Gasteiger partial charge in [-0.2, -0.15) is 5.10 Å². The van der Waals surface area contributed by atoms with E-state index in [0.717, 1.165) is 31.5 Å². The number of amides is 3. The van der Waals surface area contributed by atoms with Crippen LogP contribution in [0, 0.1) is 17.5 Å². The van der Waals surface area contributed by atoms with Crippen molar-refractivity contribution in [2.75, 3.05) is 44.2 Å². The summed E-state index contributed by atoms with van der Waals surface area (Å²) in [7, 11) is 0. The molecule has 3 amide bonds. The highest BCUT2D eigenvalue weighted by Gasteiger charge is 2.34. The molecule has 0 spiro atoms. The average molecular weight is 502 g/mol. The van der Waals surface area contributed by atoms with Gasteiger partial charge in [-0.15, -0.1) is 0 Å². The van der Waals surface area contributed by atoms with Crippen LogP contribution in [0.15, 0.2) is 29.5 Å². The van der Waals surface area contributed by atoms with E-state index in [-0.39, 0.29) is 17.7 Å². The zero-order valence-electron chi connectivity index (χ0n) is 19.6. The van der Waals surface area contributed by atoms with E-state index < -0.39 is 29.4 Å². The predicted octanol–water partition coefficient (Wildman–Crippen LogP) is 3.19. The SMILES string of the molecule is O=C(c1nc(N2CCN(C(=O)N3N=CC[C@H]3c3cc(F)cc(F)c3)CC2)ncc1F)N1CCCCC1. The van der Waals surface area contributed by atoms with Crippen LogP contribution in [0.2, 0.25) is 0 Å². The number of carbonyl (C=O) groups excluding carboxylic acids is 2. The van der Waals surface area contributed by atoms with Crippen molar-refractivity contribution in [3.63, 3.8) is 0 Å². The van der Waals surface area contributed by atoms with Crippen LogP contribution in [-0.4, -0.2) is 82.2 Å². The second kappa shape index (κ2) is 10.1. The Balaban J connectivity index is 1.24. The minimum absolute atomic E-state index is 0.233. The summed E-state index contributed by atoms with van der Waals surface area (Å²) in [6.07, 6.45) is 5.74. The van der Waals surface area contributed by atoms with Gasteiger partial charge in [0.2, 0.25) is 5.95 Å². The average Bonchev–Trinajstić information content (AvgIpc) is 3.38. The minimum atomic E-state index is -0.755. The second-order valence-corrected chi connectivity index (χ2v) is 9.07. The lowest BCUT2D eigenvalue weighted by Gasteiger charge is -2.37. The quantitative estimate of drug-likeness (QED) is 0.645. The predicted molar refractivity (Wildman–Crippen MR) is 125 cm³/mol. The van der Waals surface area contributed by atoms with Crippen LogP contribution in [0.25, 0.3) is 0 Å². The molecule has 4 heterocycles. The number of carbonyl (C=O) groups is 2. The van der Waals surface area contributed by atoms with Gasteiger partial charge in [0.1, 0.15) is 11.6 Å². The van der Waals surface area contributed by atoms with Gasteiger partial charge in [0, 0.05) is 58.0 Å². The molecule has 0 radical (unpaired) electrons. The number of hydrazone groups is 1. The van der Waals surface area contributed by atoms with Gasteiger partial charge in [0.15, 0.2) is 11.5 Å². The number of urea groups is 1. The number of nitrogens with zero attached hydrogens (tertiary/aromatic N) is 7. The molecule has 3 aliphatic rings. The number of piperazine rings is 1. The Hall–Kier alpha value is -3.70. The lowest BCUT2D eigenvalue weighted by atomic mass is 10.0. The van der Waals surface area contributed by atoms with Crippen LogP contribution >= 0.6 is 0 Å². The fraction of sp³-hybridized carbons (Fsp3) is 0.458. The zero-order valence-corrected chi connectivity index (χ0v) is 19.6. The van der Waals surface area contributed by atoms with E-state index in [2.05, 4.69) is 15.1 Å². The number of hydrogen-bond acceptors (Lipinski definition) is 6. The smallest absolute Gasteiger partial charge is 0.337 e. The van der Waals surface area contributed by atoms with Crippen molar-refractivity contribution < 1.29 is 22.8 Å². The molecule has 36 heavy (non-hydrogen) atoms. The number of piperidine rings is 1. The third-order valence-electron chi connectivity index (χ3n) is 6.71. The summed E-state index contributed by atoms with van der Waals surface area (Å²) < 4.78 is 41.8. The highest BCUT2D eigenvalue weighted by Crippen LogP contribution is 2.30. The molecular weight excluding hydrogens is 475 g/mol. The zero-order chi connectivity index (χ0) is 25.2. The van der Waals surface area contributed by atoms with Crippen LogP contribution < -0.4 is 4.90 Å². The van der Waals surface area contributed by atoms with E-state index in [1.807, 2.05) is 0 Å². The van der Waals surface area contributed by atoms with Crippen molar-refractivity contribution in [2.45, 2.75) is 31.7 Å². The highest BCUT2D eigenvalue weighted by molar-refractivity contribution is 5.92. The van der Waals surface area contributed by atoms with Crippen molar-refractivity contribution in [3.05, 3.63) is 53.1 Å². The van der Waals surface area contributed by atoms with E-state index in [0.29, 0.717) is 51.3 Å². The first-order valence-corrected chi connectivity index (χ1v) is 12.0. The van der Waals surface area contributed by atoms with Crippen molar-refractivity contribution in [2.24, 2.45) is 5.10 Å². The molecule has 2 fully saturated rings. The maximum atomic E-state index is 14.4. The molecule has 12 heteroatoms. The number of aromatic nitrogens is 2. The monoisotopic (exact) mass is 501 g/mol. The largest absolute Gasteiger partial charge is 0.341 e. The lowest BCUT2D eigenvalue weighted by Crippen LogP contribution is -2.52. The fourth-order valence-electron chi connectivity index (χ4n) is 4.79. The van der Waals surface area contributed by atoms with E-state index in [4.69, 9.17) is 0 Å². The Morgan fingerprint density at radius 3 is 2.25 bits per heavy atom. The van der Waals surface area contributed by atoms with Crippen molar-refractivity contribution in [1.29, 1.82) is 0 Å². The van der Waals surface area contributed by atoms with Crippen molar-refractivity contribution in [3.8, 4) is 0 Å². The Labute approximate surface area is 206 Å². The van der Waals surface area contributed by atoms with E-state index in [9.17, 15) is 22.8 Å². The van der Waals surface area contributed by atoms with Crippen LogP contribution in [0.1, 0.15) is 47.8 Å². The number of benzene rings is 1. The molecule has 1 atom stereocenters. The first-order valence-electron chi connectivity index (χ1n) is 12.0. The van der Waals surface area contributed by atoms with Gasteiger partial charge in [-0.05, 0) is 37.0 Å². The van der Waals surface area contributed by atoms with Gasteiger partial charge in [0.05, 0.1) is 12.2 Å². The second-order valence-electron chi connectivity index (χ2n) is 9.07. The topological polar surface area (TPSA) is 85.2 Å². The molecule has 1 aromatic carbocycles. The molecule has 2 aromatic rings. The van der Waals surface area contributed by atoms with Crippen molar-refractivity contribution in [1.82, 2.24) is 24.8 Å². The van der Waals surface area contributed by atoms with Crippen LogP contribution in [0.4, 0.5) is 23.9 Å². The molecule has 190 valence electrons. The summed E-state index contributed by atoms with van der Waals surface area (Å²) in [4.78, 5) is 39.2. The third kappa shape index (κ3) is 4.84. The van der Waals surface area contributed by atoms with Gasteiger partial charge in [-0.1, -0.05) is 0 Å². The lowest BCUT2D eigenvalue weighted by molar-refractivity contribution is 0.0713. The molecule has 0 N–H and O–H groups in total. The summed E-state index contributed by atoms with van der Waals surface area (Å²) in [5.74, 6) is -2.38. The Bertz CT molecular complexity index is 1160. The summed E-state index contributed by atoms with van der Waals surface area (Å²) in [6, 6.07) is 2.22. The molecule has 0 unspecified atom stereocenters. The minimum Gasteiger partial charge on any atom is -0.337 e. The van der Waals surface area contributed by atoms with E-state index >= 15 is 0 Å². The highest BCUT2D eigenvalue weighted by atomic mass is 19.1. The summed E-state index contributed by atoms with van der Waals surface area (Å²) in [5, 5.41) is 5.38. The van der Waals surface area contributed by atoms with Crippen LogP contribution in [0.5, 0.6) is 0 Å². The normalized spacial score (nSPS) is 20.2. The first-order chi connectivity index (χ1) is 17.4. The molecule has 9 nitrogen and oxygen atoms in total. The Kier molecular flexibility index (Phi) is 6.75. The van der Waals surface area contributed by atoms with Crippen LogP contribution in [-0.2, 0) is 0 Å². The third-order valence-corrected chi connectivity index (χ3v) is 6.71. The van der Waals surface area contributed by atoms with E-state index in [1.165, 1.54) is 17.1 Å². The van der Waals surface area contributed by atoms with Gasteiger partial charge in [-0.25, -0.2) is 32.9 Å². The number of halogens is 3. The molecule has 3 aliphatic heterocycles. The molecule has 0 bridgehead atoms. The summed E-state index contributed by atoms with van der Waals surface area (Å²) in [5.41, 5.74) is 0.0968. The van der Waals surface area contributed by atoms with Gasteiger partial charge < -0.3 is 14.7 Å². The first kappa shape index (κ1) is 24.0. The number of likely N-dealkylation sites (tertiary alicyclic amines) is 1. The molecule has 2 saturated heterocycles. The maximum Gasteiger partial charge on any atom is 0.341 e. The number of rotatable bonds is 3. The Morgan fingerprint density at radius 2 is 1.56 bits per heavy atom. The van der Waals surface area contributed by atoms with Crippen LogP contribution in [0.3, 0.4) is 0 Å². The maximum absolute atomic E-state index is 14.4. The van der Waals surface area contributed by atoms with Gasteiger partial charge >= 0.3 is 6.03 Å². The van der Waals surface area contributed by atoms with Gasteiger partial charge in [0.25, 0.3) is 5.91 Å². The molecule has 0 saturated carbocycles. The van der Waals surface area contributed by atoms with Crippen molar-refractivity contribution >= 4 is 24.1 Å². The molecular formula is C24H26F3N7O2. The number of hydrogen-bond donors (Lipinski definition) is 0. The summed E-state index contributed by atoms with van der Waals surface area (Å²) in [6.45, 7) is 2.52.